The normalized spacial score (nSPS) is 10.8. The van der Waals surface area contributed by atoms with Crippen LogP contribution in [-0.2, 0) is 9.53 Å². The van der Waals surface area contributed by atoms with Crippen molar-refractivity contribution in [1.29, 1.82) is 0 Å². The molecule has 0 bridgehead atoms. The van der Waals surface area contributed by atoms with E-state index in [0.717, 1.165) is 0 Å². The van der Waals surface area contributed by atoms with E-state index in [1.165, 1.54) is 0 Å². The summed E-state index contributed by atoms with van der Waals surface area (Å²) in [6, 6.07) is 0.0605. The molecule has 0 heterocycles. The molecule has 1 N–H and O–H groups in total. The highest BCUT2D eigenvalue weighted by atomic mass is 19.2. The van der Waals surface area contributed by atoms with Crippen LogP contribution >= 0.6 is 0 Å². The molecule has 100 valence electrons. The first-order valence-electron chi connectivity index (χ1n) is 5.07. The maximum atomic E-state index is 13.2. The van der Waals surface area contributed by atoms with Crippen LogP contribution in [0.3, 0.4) is 0 Å². The Morgan fingerprint density at radius 2 is 1.72 bits per heavy atom. The molecule has 0 saturated heterocycles. The van der Waals surface area contributed by atoms with Gasteiger partial charge in [0.1, 0.15) is 12.3 Å². The second-order valence-electron chi connectivity index (χ2n) is 3.75. The van der Waals surface area contributed by atoms with Crippen molar-refractivity contribution in [1.82, 2.24) is 0 Å². The number of hydrogen-bond acceptors (Lipinski definition) is 2. The van der Waals surface area contributed by atoms with Crippen LogP contribution in [-0.4, -0.2) is 18.6 Å². The quantitative estimate of drug-likeness (QED) is 0.671. The molecule has 1 aromatic carbocycles. The molecular formula is C11H11F4NO2. The van der Waals surface area contributed by atoms with Crippen molar-refractivity contribution >= 4 is 11.6 Å². The van der Waals surface area contributed by atoms with Gasteiger partial charge in [-0.3, -0.25) is 4.79 Å². The van der Waals surface area contributed by atoms with Gasteiger partial charge >= 0.3 is 0 Å². The van der Waals surface area contributed by atoms with Crippen LogP contribution in [0, 0.1) is 23.3 Å². The van der Waals surface area contributed by atoms with E-state index in [9.17, 15) is 22.4 Å². The van der Waals surface area contributed by atoms with Crippen LogP contribution in [0.25, 0.3) is 0 Å². The summed E-state index contributed by atoms with van der Waals surface area (Å²) in [4.78, 5) is 11.2. The third-order valence-corrected chi connectivity index (χ3v) is 1.92. The summed E-state index contributed by atoms with van der Waals surface area (Å²) in [5.74, 6) is -7.41. The van der Waals surface area contributed by atoms with E-state index in [0.29, 0.717) is 0 Å². The van der Waals surface area contributed by atoms with Crippen molar-refractivity contribution < 1.29 is 27.1 Å². The summed E-state index contributed by atoms with van der Waals surface area (Å²) in [6.07, 6.45) is -0.269. The van der Waals surface area contributed by atoms with Crippen molar-refractivity contribution in [2.24, 2.45) is 0 Å². The molecule has 18 heavy (non-hydrogen) atoms. The monoisotopic (exact) mass is 265 g/mol. The van der Waals surface area contributed by atoms with Gasteiger partial charge in [-0.1, -0.05) is 0 Å². The molecule has 0 spiro atoms. The van der Waals surface area contributed by atoms with E-state index in [-0.39, 0.29) is 12.2 Å². The predicted molar refractivity (Wildman–Crippen MR) is 56.0 cm³/mol. The molecular weight excluding hydrogens is 254 g/mol. The summed E-state index contributed by atoms with van der Waals surface area (Å²) < 4.78 is 56.8. The van der Waals surface area contributed by atoms with Crippen molar-refractivity contribution in [3.05, 3.63) is 29.3 Å². The Bertz CT molecular complexity index is 437. The maximum absolute atomic E-state index is 13.2. The van der Waals surface area contributed by atoms with E-state index in [1.54, 1.807) is 19.2 Å². The molecule has 0 radical (unpaired) electrons. The van der Waals surface area contributed by atoms with Crippen molar-refractivity contribution in [2.45, 2.75) is 20.0 Å². The number of amides is 1. The van der Waals surface area contributed by atoms with Gasteiger partial charge in [0.15, 0.2) is 23.3 Å². The number of rotatable bonds is 4. The zero-order chi connectivity index (χ0) is 13.9. The zero-order valence-corrected chi connectivity index (χ0v) is 9.69. The van der Waals surface area contributed by atoms with Gasteiger partial charge in [-0.05, 0) is 13.8 Å². The van der Waals surface area contributed by atoms with Gasteiger partial charge in [0, 0.05) is 6.07 Å². The van der Waals surface area contributed by atoms with Gasteiger partial charge in [0.25, 0.3) is 5.91 Å². The highest BCUT2D eigenvalue weighted by Gasteiger charge is 2.20. The molecule has 0 saturated carbocycles. The number of halogens is 4. The first-order chi connectivity index (χ1) is 8.32. The third-order valence-electron chi connectivity index (χ3n) is 1.92. The fourth-order valence-corrected chi connectivity index (χ4v) is 1.10. The Labute approximate surface area is 101 Å². The van der Waals surface area contributed by atoms with Crippen molar-refractivity contribution in [3.8, 4) is 0 Å². The lowest BCUT2D eigenvalue weighted by atomic mass is 10.2. The summed E-state index contributed by atoms with van der Waals surface area (Å²) in [5.41, 5.74) is -1.16. The minimum absolute atomic E-state index is 0.0605. The smallest absolute Gasteiger partial charge is 0.250 e. The van der Waals surface area contributed by atoms with E-state index >= 15 is 0 Å². The Morgan fingerprint density at radius 3 is 2.17 bits per heavy atom. The van der Waals surface area contributed by atoms with Gasteiger partial charge in [-0.15, -0.1) is 0 Å². The lowest BCUT2D eigenvalue weighted by Crippen LogP contribution is -2.22. The topological polar surface area (TPSA) is 38.3 Å². The molecule has 0 aliphatic heterocycles. The van der Waals surface area contributed by atoms with Gasteiger partial charge in [-0.25, -0.2) is 17.6 Å². The van der Waals surface area contributed by atoms with Crippen molar-refractivity contribution in [3.63, 3.8) is 0 Å². The van der Waals surface area contributed by atoms with E-state index in [4.69, 9.17) is 4.74 Å². The molecule has 0 aliphatic rings. The minimum atomic E-state index is -1.66. The Balaban J connectivity index is 2.87. The van der Waals surface area contributed by atoms with Crippen LogP contribution in [0.5, 0.6) is 0 Å². The number of carbonyl (C=O) groups excluding carboxylic acids is 1. The van der Waals surface area contributed by atoms with E-state index in [2.05, 4.69) is 0 Å². The highest BCUT2D eigenvalue weighted by molar-refractivity contribution is 5.92. The first-order valence-corrected chi connectivity index (χ1v) is 5.07. The molecule has 1 aromatic rings. The summed E-state index contributed by atoms with van der Waals surface area (Å²) in [5, 5.41) is 1.72. The predicted octanol–water partition coefficient (Wildman–Crippen LogP) is 2.61. The average molecular weight is 265 g/mol. The highest BCUT2D eigenvalue weighted by Crippen LogP contribution is 2.23. The zero-order valence-electron chi connectivity index (χ0n) is 9.69. The lowest BCUT2D eigenvalue weighted by Gasteiger charge is -2.10. The summed E-state index contributed by atoms with van der Waals surface area (Å²) in [7, 11) is 0. The molecule has 1 amide bonds. The standard InChI is InChI=1S/C11H11F4NO2/c1-5(2)18-4-8(17)16-11-9(14)6(12)3-7(13)10(11)15/h3,5H,4H2,1-2H3,(H,16,17). The van der Waals surface area contributed by atoms with Crippen LogP contribution in [0.1, 0.15) is 13.8 Å². The molecule has 7 heteroatoms. The van der Waals surface area contributed by atoms with Gasteiger partial charge in [0.05, 0.1) is 6.10 Å². The molecule has 0 unspecified atom stereocenters. The lowest BCUT2D eigenvalue weighted by molar-refractivity contribution is -0.122. The number of nitrogens with one attached hydrogen (secondary N) is 1. The van der Waals surface area contributed by atoms with Crippen LogP contribution < -0.4 is 5.32 Å². The molecule has 1 rings (SSSR count). The molecule has 3 nitrogen and oxygen atoms in total. The van der Waals surface area contributed by atoms with Crippen LogP contribution in [0.15, 0.2) is 6.07 Å². The number of ether oxygens (including phenoxy) is 1. The molecule has 0 atom stereocenters. The third kappa shape index (κ3) is 3.43. The van der Waals surface area contributed by atoms with Gasteiger partial charge < -0.3 is 10.1 Å². The van der Waals surface area contributed by atoms with Crippen molar-refractivity contribution in [2.75, 3.05) is 11.9 Å². The number of benzene rings is 1. The second-order valence-corrected chi connectivity index (χ2v) is 3.75. The summed E-state index contributed by atoms with van der Waals surface area (Å²) >= 11 is 0. The SMILES string of the molecule is CC(C)OCC(=O)Nc1c(F)c(F)cc(F)c1F. The average Bonchev–Trinajstić information content (AvgIpc) is 2.29. The summed E-state index contributed by atoms with van der Waals surface area (Å²) in [6.45, 7) is 2.82. The fraction of sp³-hybridized carbons (Fsp3) is 0.364. The first kappa shape index (κ1) is 14.4. The molecule has 0 fully saturated rings. The second kappa shape index (κ2) is 5.81. The number of carbonyl (C=O) groups is 1. The number of anilines is 1. The minimum Gasteiger partial charge on any atom is -0.369 e. The largest absolute Gasteiger partial charge is 0.369 e. The maximum Gasteiger partial charge on any atom is 0.250 e. The Kier molecular flexibility index (Phi) is 4.66. The Morgan fingerprint density at radius 1 is 1.22 bits per heavy atom. The van der Waals surface area contributed by atoms with Crippen LogP contribution in [0.2, 0.25) is 0 Å². The molecule has 0 aromatic heterocycles. The van der Waals surface area contributed by atoms with Gasteiger partial charge in [0.2, 0.25) is 0 Å². The number of hydrogen-bond donors (Lipinski definition) is 1. The molecule has 0 aliphatic carbocycles. The van der Waals surface area contributed by atoms with Gasteiger partial charge in [-0.2, -0.15) is 0 Å². The van der Waals surface area contributed by atoms with E-state index in [1.807, 2.05) is 0 Å². The Hall–Kier alpha value is -1.63. The van der Waals surface area contributed by atoms with E-state index < -0.39 is 41.5 Å². The van der Waals surface area contributed by atoms with Crippen LogP contribution in [0.4, 0.5) is 23.2 Å². The fourth-order valence-electron chi connectivity index (χ4n) is 1.10.